The first-order chi connectivity index (χ1) is 8.61. The van der Waals surface area contributed by atoms with E-state index in [-0.39, 0.29) is 13.3 Å². The molecule has 2 atom stereocenters. The molecule has 19 heavy (non-hydrogen) atoms. The van der Waals surface area contributed by atoms with Crippen molar-refractivity contribution in [1.82, 2.24) is 4.90 Å². The second kappa shape index (κ2) is 8.73. The molecule has 110 valence electrons. The lowest BCUT2D eigenvalue weighted by molar-refractivity contribution is -0.143. The van der Waals surface area contributed by atoms with Gasteiger partial charge in [0.05, 0.1) is 11.8 Å². The Balaban J connectivity index is 0.00000324. The van der Waals surface area contributed by atoms with Crippen LogP contribution in [0.2, 0.25) is 0 Å². The van der Waals surface area contributed by atoms with Crippen molar-refractivity contribution in [3.63, 3.8) is 0 Å². The van der Waals surface area contributed by atoms with Gasteiger partial charge in [0.25, 0.3) is 0 Å². The molecule has 1 heterocycles. The third kappa shape index (κ3) is 4.69. The highest BCUT2D eigenvalue weighted by atomic mass is 16.4. The fourth-order valence-electron chi connectivity index (χ4n) is 2.49. The molecule has 1 aliphatic rings. The van der Waals surface area contributed by atoms with Crippen LogP contribution in [0.15, 0.2) is 12.7 Å². The van der Waals surface area contributed by atoms with Crippen molar-refractivity contribution in [3.8, 4) is 0 Å². The van der Waals surface area contributed by atoms with Crippen LogP contribution in [0.25, 0.3) is 0 Å². The Morgan fingerprint density at radius 2 is 2.16 bits per heavy atom. The number of hydrogen-bond acceptors (Lipinski definition) is 2. The summed E-state index contributed by atoms with van der Waals surface area (Å²) in [5.41, 5.74) is 0. The van der Waals surface area contributed by atoms with Crippen molar-refractivity contribution in [3.05, 3.63) is 12.7 Å². The molecule has 1 N–H and O–H groups in total. The molecule has 0 aromatic carbocycles. The topological polar surface area (TPSA) is 57.6 Å². The summed E-state index contributed by atoms with van der Waals surface area (Å²) >= 11 is 0. The third-order valence-electron chi connectivity index (χ3n) is 3.55. The molecule has 1 amide bonds. The molecular weight excluding hydrogens is 242 g/mol. The van der Waals surface area contributed by atoms with Crippen LogP contribution in [0, 0.1) is 11.8 Å². The van der Waals surface area contributed by atoms with Gasteiger partial charge in [-0.15, -0.1) is 6.58 Å². The lowest BCUT2D eigenvalue weighted by Crippen LogP contribution is -2.28. The molecule has 0 saturated carbocycles. The Kier molecular flexibility index (Phi) is 8.12. The van der Waals surface area contributed by atoms with Crippen LogP contribution in [0.3, 0.4) is 0 Å². The number of carboxylic acid groups (broad SMARTS) is 1. The Bertz CT molecular complexity index is 315. The highest BCUT2D eigenvalue weighted by Crippen LogP contribution is 2.28. The van der Waals surface area contributed by atoms with Crippen LogP contribution in [0.4, 0.5) is 0 Å². The molecule has 0 aromatic rings. The van der Waals surface area contributed by atoms with Gasteiger partial charge in [0, 0.05) is 13.1 Å². The van der Waals surface area contributed by atoms with E-state index < -0.39 is 17.8 Å². The zero-order chi connectivity index (χ0) is 13.5. The van der Waals surface area contributed by atoms with E-state index in [4.69, 9.17) is 5.11 Å². The van der Waals surface area contributed by atoms with Crippen molar-refractivity contribution in [2.24, 2.45) is 11.8 Å². The molecule has 0 aromatic heterocycles. The number of rotatable bonds is 8. The van der Waals surface area contributed by atoms with E-state index in [1.54, 1.807) is 11.0 Å². The Labute approximate surface area is 116 Å². The van der Waals surface area contributed by atoms with E-state index in [2.05, 4.69) is 13.5 Å². The number of allylic oxidation sites excluding steroid dienone is 1. The summed E-state index contributed by atoms with van der Waals surface area (Å²) in [7, 11) is 0. The second-order valence-electron chi connectivity index (χ2n) is 4.92. The number of carbonyl (C=O) groups excluding carboxylic acids is 1. The van der Waals surface area contributed by atoms with Gasteiger partial charge in [-0.3, -0.25) is 9.59 Å². The SMILES string of the molecule is C.C=CCC1C(=O)N(CCCCCC)CC1C(=O)O. The zero-order valence-electron chi connectivity index (χ0n) is 11.1. The molecule has 2 unspecified atom stereocenters. The summed E-state index contributed by atoms with van der Waals surface area (Å²) < 4.78 is 0. The summed E-state index contributed by atoms with van der Waals surface area (Å²) in [5.74, 6) is -1.86. The van der Waals surface area contributed by atoms with Crippen molar-refractivity contribution in [2.45, 2.75) is 46.5 Å². The van der Waals surface area contributed by atoms with Gasteiger partial charge >= 0.3 is 5.97 Å². The number of carbonyl (C=O) groups is 2. The maximum Gasteiger partial charge on any atom is 0.309 e. The predicted octanol–water partition coefficient (Wildman–Crippen LogP) is 2.94. The van der Waals surface area contributed by atoms with Crippen LogP contribution < -0.4 is 0 Å². The van der Waals surface area contributed by atoms with Gasteiger partial charge in [0.15, 0.2) is 0 Å². The summed E-state index contributed by atoms with van der Waals surface area (Å²) in [5, 5.41) is 9.14. The highest BCUT2D eigenvalue weighted by molar-refractivity contribution is 5.88. The monoisotopic (exact) mass is 269 g/mol. The number of aliphatic carboxylic acids is 1. The standard InChI is InChI=1S/C14H23NO3.CH4/c1-3-5-6-7-9-15-10-12(14(17)18)11(8-4-2)13(15)16;/h4,11-12H,2-3,5-10H2,1H3,(H,17,18);1H4. The van der Waals surface area contributed by atoms with E-state index in [1.807, 2.05) is 0 Å². The minimum absolute atomic E-state index is 0. The van der Waals surface area contributed by atoms with Gasteiger partial charge in [-0.2, -0.15) is 0 Å². The molecule has 0 aliphatic carbocycles. The Morgan fingerprint density at radius 1 is 1.47 bits per heavy atom. The number of hydrogen-bond donors (Lipinski definition) is 1. The maximum absolute atomic E-state index is 12.1. The number of amides is 1. The minimum Gasteiger partial charge on any atom is -0.481 e. The smallest absolute Gasteiger partial charge is 0.309 e. The molecular formula is C15H27NO3. The second-order valence-corrected chi connectivity index (χ2v) is 4.92. The van der Waals surface area contributed by atoms with Gasteiger partial charge in [0.2, 0.25) is 5.91 Å². The Morgan fingerprint density at radius 3 is 2.68 bits per heavy atom. The molecule has 1 fully saturated rings. The number of likely N-dealkylation sites (tertiary alicyclic amines) is 1. The number of carboxylic acids is 1. The summed E-state index contributed by atoms with van der Waals surface area (Å²) in [6, 6.07) is 0. The van der Waals surface area contributed by atoms with Crippen molar-refractivity contribution in [1.29, 1.82) is 0 Å². The quantitative estimate of drug-likeness (QED) is 0.544. The van der Waals surface area contributed by atoms with Crippen molar-refractivity contribution < 1.29 is 14.7 Å². The first-order valence-electron chi connectivity index (χ1n) is 6.74. The molecule has 0 radical (unpaired) electrons. The maximum atomic E-state index is 12.1. The summed E-state index contributed by atoms with van der Waals surface area (Å²) in [6.07, 6.45) is 6.49. The van der Waals surface area contributed by atoms with Gasteiger partial charge < -0.3 is 10.0 Å². The summed E-state index contributed by atoms with van der Waals surface area (Å²) in [4.78, 5) is 24.9. The van der Waals surface area contributed by atoms with Crippen LogP contribution >= 0.6 is 0 Å². The lowest BCUT2D eigenvalue weighted by Gasteiger charge is -2.15. The molecule has 1 aliphatic heterocycles. The average Bonchev–Trinajstić information content (AvgIpc) is 2.64. The highest BCUT2D eigenvalue weighted by Gasteiger charge is 2.43. The number of unbranched alkanes of at least 4 members (excludes halogenated alkanes) is 3. The van der Waals surface area contributed by atoms with Gasteiger partial charge in [-0.1, -0.05) is 39.7 Å². The predicted molar refractivity (Wildman–Crippen MR) is 76.9 cm³/mol. The van der Waals surface area contributed by atoms with Crippen LogP contribution in [0.1, 0.15) is 46.5 Å². The van der Waals surface area contributed by atoms with E-state index in [0.717, 1.165) is 19.3 Å². The van der Waals surface area contributed by atoms with Gasteiger partial charge in [-0.25, -0.2) is 0 Å². The fraction of sp³-hybridized carbons (Fsp3) is 0.733. The lowest BCUT2D eigenvalue weighted by atomic mass is 9.93. The van der Waals surface area contributed by atoms with E-state index in [0.29, 0.717) is 19.5 Å². The molecule has 1 rings (SSSR count). The van der Waals surface area contributed by atoms with Gasteiger partial charge in [0.1, 0.15) is 0 Å². The van der Waals surface area contributed by atoms with Crippen LogP contribution in [0.5, 0.6) is 0 Å². The molecule has 4 heteroatoms. The van der Waals surface area contributed by atoms with Crippen molar-refractivity contribution in [2.75, 3.05) is 13.1 Å². The molecule has 4 nitrogen and oxygen atoms in total. The van der Waals surface area contributed by atoms with Gasteiger partial charge in [-0.05, 0) is 12.8 Å². The van der Waals surface area contributed by atoms with Crippen LogP contribution in [-0.4, -0.2) is 35.0 Å². The third-order valence-corrected chi connectivity index (χ3v) is 3.55. The Hall–Kier alpha value is -1.32. The fourth-order valence-corrected chi connectivity index (χ4v) is 2.49. The molecule has 1 saturated heterocycles. The summed E-state index contributed by atoms with van der Waals surface area (Å²) in [6.45, 7) is 6.79. The zero-order valence-corrected chi connectivity index (χ0v) is 11.1. The average molecular weight is 269 g/mol. The van der Waals surface area contributed by atoms with E-state index in [9.17, 15) is 9.59 Å². The first kappa shape index (κ1) is 17.7. The normalized spacial score (nSPS) is 22.2. The van der Waals surface area contributed by atoms with E-state index in [1.165, 1.54) is 6.42 Å². The van der Waals surface area contributed by atoms with Crippen molar-refractivity contribution >= 4 is 11.9 Å². The molecule has 0 bridgehead atoms. The first-order valence-corrected chi connectivity index (χ1v) is 6.74. The molecule has 0 spiro atoms. The minimum atomic E-state index is -0.869. The number of nitrogens with zero attached hydrogens (tertiary/aromatic N) is 1. The van der Waals surface area contributed by atoms with Crippen LogP contribution in [-0.2, 0) is 9.59 Å². The largest absolute Gasteiger partial charge is 0.481 e. The van der Waals surface area contributed by atoms with E-state index >= 15 is 0 Å².